The van der Waals surface area contributed by atoms with Crippen LogP contribution in [0.25, 0.3) is 38.6 Å². The number of fused-ring (bicyclic) bond motifs is 5. The molecule has 9 aromatic rings. The molecule has 1 aromatic heterocycles. The van der Waals surface area contributed by atoms with Crippen molar-refractivity contribution in [2.24, 2.45) is 0 Å². The van der Waals surface area contributed by atoms with Crippen LogP contribution < -0.4 is 15.9 Å². The van der Waals surface area contributed by atoms with Gasteiger partial charge in [-0.1, -0.05) is 194 Å². The van der Waals surface area contributed by atoms with Gasteiger partial charge in [0.25, 0.3) is 0 Å². The smallest absolute Gasteiger partial charge is 0.171 e. The summed E-state index contributed by atoms with van der Waals surface area (Å²) in [6.07, 6.45) is 0. The fraction of sp³-hybridized carbons (Fsp3) is 0.0204. The molecule has 0 bridgehead atoms. The quantitative estimate of drug-likeness (QED) is 0.160. The van der Waals surface area contributed by atoms with E-state index in [2.05, 4.69) is 138 Å². The van der Waals surface area contributed by atoms with E-state index in [4.69, 9.17) is 0 Å². The molecule has 1 aliphatic rings. The predicted octanol–water partition coefficient (Wildman–Crippen LogP) is 10.8. The first-order valence-corrected chi connectivity index (χ1v) is 19.5. The molecule has 2 nitrogen and oxygen atoms in total. The van der Waals surface area contributed by atoms with Crippen LogP contribution in [0, 0.1) is 0 Å². The lowest BCUT2D eigenvalue weighted by Gasteiger charge is -2.41. The average molecular weight is 684 g/mol. The molecule has 0 radical (unpaired) electrons. The topological polar surface area (TPSA) is 22.0 Å². The van der Waals surface area contributed by atoms with Crippen molar-refractivity contribution in [1.29, 1.82) is 0 Å². The zero-order valence-electron chi connectivity index (χ0n) is 28.4. The molecule has 0 saturated heterocycles. The first kappa shape index (κ1) is 30.6. The Morgan fingerprint density at radius 1 is 0.385 bits per heavy atom. The molecule has 0 amide bonds. The van der Waals surface area contributed by atoms with Crippen LogP contribution in [0.3, 0.4) is 0 Å². The largest absolute Gasteiger partial charge is 0.309 e. The van der Waals surface area contributed by atoms with E-state index in [1.807, 2.05) is 72.8 Å². The summed E-state index contributed by atoms with van der Waals surface area (Å²) >= 11 is 0. The summed E-state index contributed by atoms with van der Waals surface area (Å²) in [7, 11) is -3.05. The molecule has 52 heavy (non-hydrogen) atoms. The Morgan fingerprint density at radius 3 is 1.54 bits per heavy atom. The predicted molar refractivity (Wildman–Crippen MR) is 217 cm³/mol. The molecule has 0 spiro atoms. The van der Waals surface area contributed by atoms with Crippen molar-refractivity contribution in [3.8, 4) is 16.8 Å². The second kappa shape index (κ2) is 11.9. The lowest BCUT2D eigenvalue weighted by molar-refractivity contribution is 0.592. The number of nitrogens with zero attached hydrogens (tertiary/aromatic N) is 1. The zero-order chi connectivity index (χ0) is 34.7. The first-order chi connectivity index (χ1) is 25.7. The third-order valence-electron chi connectivity index (χ3n) is 11.0. The number of rotatable bonds is 6. The second-order valence-electron chi connectivity index (χ2n) is 13.6. The van der Waals surface area contributed by atoms with E-state index in [1.165, 1.54) is 49.7 Å². The zero-order valence-corrected chi connectivity index (χ0v) is 29.3. The molecule has 0 saturated carbocycles. The van der Waals surface area contributed by atoms with Gasteiger partial charge in [-0.25, -0.2) is 0 Å². The van der Waals surface area contributed by atoms with E-state index < -0.39 is 12.6 Å². The molecular weight excluding hydrogens is 650 g/mol. The molecule has 8 aromatic carbocycles. The third kappa shape index (κ3) is 4.35. The van der Waals surface area contributed by atoms with Gasteiger partial charge in [0.05, 0.1) is 22.1 Å². The van der Waals surface area contributed by atoms with E-state index >= 15 is 0 Å². The lowest BCUT2D eigenvalue weighted by Crippen LogP contribution is -2.35. The first-order valence-electron chi connectivity index (χ1n) is 17.8. The number of para-hydroxylation sites is 3. The van der Waals surface area contributed by atoms with Crippen LogP contribution in [0.5, 0.6) is 0 Å². The van der Waals surface area contributed by atoms with Crippen LogP contribution in [0.15, 0.2) is 206 Å². The van der Waals surface area contributed by atoms with E-state index in [0.717, 1.165) is 27.0 Å². The van der Waals surface area contributed by atoms with Crippen LogP contribution in [-0.2, 0) is 9.98 Å². The third-order valence-corrected chi connectivity index (χ3v) is 14.1. The molecule has 1 atom stereocenters. The van der Waals surface area contributed by atoms with Crippen molar-refractivity contribution in [2.45, 2.75) is 5.41 Å². The maximum absolute atomic E-state index is 15.0. The number of benzene rings is 8. The molecule has 2 heterocycles. The standard InChI is InChI=1S/C49H34NOP/c51-52(39-17-6-2-7-18-39,40-19-8-3-9-20-40)41-33-29-36(30-34-41)35-27-31-38(32-28-35)49(37-15-4-1-5-16-37)44-23-11-13-26-47(44)50-46-25-12-10-21-42(46)43-22-14-24-45(49)48(43)50/h1-34H. The highest BCUT2D eigenvalue weighted by Crippen LogP contribution is 2.54. The summed E-state index contributed by atoms with van der Waals surface area (Å²) in [4.78, 5) is 0. The molecule has 0 aliphatic carbocycles. The van der Waals surface area contributed by atoms with E-state index in [1.54, 1.807) is 0 Å². The van der Waals surface area contributed by atoms with Gasteiger partial charge in [-0.2, -0.15) is 0 Å². The fourth-order valence-corrected chi connectivity index (χ4v) is 11.3. The Morgan fingerprint density at radius 2 is 0.865 bits per heavy atom. The van der Waals surface area contributed by atoms with E-state index in [9.17, 15) is 4.57 Å². The Balaban J connectivity index is 1.14. The van der Waals surface area contributed by atoms with Crippen LogP contribution in [0.1, 0.15) is 22.3 Å². The summed E-state index contributed by atoms with van der Waals surface area (Å²) in [5.41, 5.74) is 10.3. The van der Waals surface area contributed by atoms with Crippen molar-refractivity contribution in [3.63, 3.8) is 0 Å². The van der Waals surface area contributed by atoms with Gasteiger partial charge in [-0.3, -0.25) is 0 Å². The van der Waals surface area contributed by atoms with Gasteiger partial charge in [0.1, 0.15) is 0 Å². The SMILES string of the molecule is O=P(c1ccccc1)(c1ccccc1)c1ccc(-c2ccc(C3(c4ccccc4)c4ccccc4-n4c5ccccc5c5cccc3c54)cc2)cc1. The van der Waals surface area contributed by atoms with Gasteiger partial charge < -0.3 is 9.13 Å². The molecule has 0 N–H and O–H groups in total. The molecular formula is C49H34NOP. The van der Waals surface area contributed by atoms with Gasteiger partial charge in [0, 0.05) is 26.7 Å². The highest BCUT2D eigenvalue weighted by atomic mass is 31.2. The summed E-state index contributed by atoms with van der Waals surface area (Å²) in [6.45, 7) is 0. The minimum atomic E-state index is -3.05. The van der Waals surface area contributed by atoms with Crippen LogP contribution in [0.4, 0.5) is 0 Å². The minimum absolute atomic E-state index is 0.540. The molecule has 1 aliphatic heterocycles. The fourth-order valence-electron chi connectivity index (χ4n) is 8.68. The highest BCUT2D eigenvalue weighted by Gasteiger charge is 2.45. The Hall–Kier alpha value is -6.21. The van der Waals surface area contributed by atoms with Crippen LogP contribution in [0.2, 0.25) is 0 Å². The van der Waals surface area contributed by atoms with Crippen molar-refractivity contribution in [2.75, 3.05) is 0 Å². The number of aromatic nitrogens is 1. The summed E-state index contributed by atoms with van der Waals surface area (Å²) in [5, 5.41) is 5.04. The highest BCUT2D eigenvalue weighted by molar-refractivity contribution is 7.85. The van der Waals surface area contributed by atoms with Gasteiger partial charge in [-0.15, -0.1) is 0 Å². The number of hydrogen-bond acceptors (Lipinski definition) is 1. The summed E-state index contributed by atoms with van der Waals surface area (Å²) < 4.78 is 17.4. The summed E-state index contributed by atoms with van der Waals surface area (Å²) in [5.74, 6) is 0. The maximum Gasteiger partial charge on any atom is 0.171 e. The molecule has 246 valence electrons. The van der Waals surface area contributed by atoms with Crippen molar-refractivity contribution in [1.82, 2.24) is 4.57 Å². The van der Waals surface area contributed by atoms with Crippen LogP contribution in [-0.4, -0.2) is 4.57 Å². The van der Waals surface area contributed by atoms with Crippen LogP contribution >= 0.6 is 7.14 Å². The normalized spacial score (nSPS) is 15.1. The second-order valence-corrected chi connectivity index (χ2v) is 16.4. The maximum atomic E-state index is 15.0. The van der Waals surface area contributed by atoms with Crippen molar-refractivity contribution in [3.05, 3.63) is 229 Å². The van der Waals surface area contributed by atoms with E-state index in [-0.39, 0.29) is 0 Å². The van der Waals surface area contributed by atoms with Gasteiger partial charge >= 0.3 is 0 Å². The van der Waals surface area contributed by atoms with Crippen molar-refractivity contribution >= 4 is 44.9 Å². The Kier molecular flexibility index (Phi) is 7.03. The minimum Gasteiger partial charge on any atom is -0.309 e. The van der Waals surface area contributed by atoms with Crippen molar-refractivity contribution < 1.29 is 4.57 Å². The molecule has 10 rings (SSSR count). The molecule has 0 fully saturated rings. The molecule has 1 unspecified atom stereocenters. The van der Waals surface area contributed by atoms with Gasteiger partial charge in [0.2, 0.25) is 0 Å². The van der Waals surface area contributed by atoms with E-state index in [0.29, 0.717) is 0 Å². The average Bonchev–Trinajstić information content (AvgIpc) is 3.57. The number of hydrogen-bond donors (Lipinski definition) is 0. The lowest BCUT2D eigenvalue weighted by atomic mass is 9.63. The Labute approximate surface area is 303 Å². The van der Waals surface area contributed by atoms with Gasteiger partial charge in [0.15, 0.2) is 7.14 Å². The monoisotopic (exact) mass is 683 g/mol. The van der Waals surface area contributed by atoms with Gasteiger partial charge in [-0.05, 0) is 45.5 Å². The molecule has 3 heteroatoms. The Bertz CT molecular complexity index is 2740. The summed E-state index contributed by atoms with van der Waals surface area (Å²) in [6, 6.07) is 72.6.